The molecule has 0 aromatic carbocycles. The second-order valence-corrected chi connectivity index (χ2v) is 7.26. The van der Waals surface area contributed by atoms with E-state index in [-0.39, 0.29) is 0 Å². The zero-order valence-electron chi connectivity index (χ0n) is 13.0. The lowest BCUT2D eigenvalue weighted by Gasteiger charge is -2.46. The summed E-state index contributed by atoms with van der Waals surface area (Å²) in [5.41, 5.74) is -0.608. The number of piperidine rings is 1. The molecule has 0 aromatic rings. The first-order valence-corrected chi connectivity index (χ1v) is 8.18. The van der Waals surface area contributed by atoms with Crippen LogP contribution in [-0.2, 0) is 0 Å². The molecule has 1 aliphatic carbocycles. The lowest BCUT2D eigenvalue weighted by atomic mass is 9.78. The van der Waals surface area contributed by atoms with Crippen LogP contribution in [-0.4, -0.2) is 47.3 Å². The van der Waals surface area contributed by atoms with Crippen LogP contribution in [0.1, 0.15) is 59.3 Å². The Morgan fingerprint density at radius 3 is 2.63 bits per heavy atom. The Bertz CT molecular complexity index is 276. The molecule has 2 fully saturated rings. The van der Waals surface area contributed by atoms with Crippen molar-refractivity contribution in [1.29, 1.82) is 0 Å². The molecule has 2 N–H and O–H groups in total. The van der Waals surface area contributed by atoms with Gasteiger partial charge in [-0.3, -0.25) is 4.90 Å². The first kappa shape index (κ1) is 15.3. The molecule has 0 radical (unpaired) electrons. The summed E-state index contributed by atoms with van der Waals surface area (Å²) in [4.78, 5) is 2.58. The molecule has 3 heteroatoms. The van der Waals surface area contributed by atoms with Crippen molar-refractivity contribution in [2.75, 3.05) is 19.6 Å². The van der Waals surface area contributed by atoms with Gasteiger partial charge in [0, 0.05) is 25.2 Å². The predicted molar refractivity (Wildman–Crippen MR) is 80.3 cm³/mol. The Hall–Kier alpha value is -0.120. The summed E-state index contributed by atoms with van der Waals surface area (Å²) in [5, 5.41) is 14.0. The summed E-state index contributed by atoms with van der Waals surface area (Å²) >= 11 is 0. The Balaban J connectivity index is 1.89. The fourth-order valence-electron chi connectivity index (χ4n) is 3.84. The van der Waals surface area contributed by atoms with Gasteiger partial charge in [0.1, 0.15) is 0 Å². The number of fused-ring (bicyclic) bond motifs is 1. The van der Waals surface area contributed by atoms with Crippen LogP contribution in [0.2, 0.25) is 0 Å². The van der Waals surface area contributed by atoms with Gasteiger partial charge in [-0.1, -0.05) is 26.7 Å². The number of hydrogen-bond donors (Lipinski definition) is 2. The summed E-state index contributed by atoms with van der Waals surface area (Å²) in [5.74, 6) is 0.899. The van der Waals surface area contributed by atoms with E-state index in [1.807, 2.05) is 6.92 Å². The number of nitrogens with one attached hydrogen (secondary N) is 1. The molecule has 0 aromatic heterocycles. The second-order valence-electron chi connectivity index (χ2n) is 7.26. The van der Waals surface area contributed by atoms with Crippen molar-refractivity contribution in [2.45, 2.75) is 77.0 Å². The van der Waals surface area contributed by atoms with Crippen molar-refractivity contribution in [3.8, 4) is 0 Å². The summed E-state index contributed by atoms with van der Waals surface area (Å²) in [7, 11) is 0. The third-order valence-corrected chi connectivity index (χ3v) is 4.79. The number of β-amino-alcohol motifs (C(OH)–C–C–N with tert-alkyl or cyclic N) is 1. The topological polar surface area (TPSA) is 35.5 Å². The van der Waals surface area contributed by atoms with Crippen molar-refractivity contribution in [3.05, 3.63) is 0 Å². The molecular weight excluding hydrogens is 236 g/mol. The van der Waals surface area contributed by atoms with E-state index in [0.717, 1.165) is 18.5 Å². The maximum atomic E-state index is 10.6. The molecule has 1 aliphatic heterocycles. The second kappa shape index (κ2) is 6.55. The van der Waals surface area contributed by atoms with Gasteiger partial charge in [0.15, 0.2) is 0 Å². The standard InChI is InChI=1S/C16H32N2O/c1-13(2)17-11-16(3,19)12-18-10-6-8-14-7-4-5-9-15(14)18/h13-15,17,19H,4-12H2,1-3H3. The highest BCUT2D eigenvalue weighted by Crippen LogP contribution is 2.35. The molecule has 3 nitrogen and oxygen atoms in total. The van der Waals surface area contributed by atoms with Gasteiger partial charge in [-0.15, -0.1) is 0 Å². The Morgan fingerprint density at radius 2 is 1.89 bits per heavy atom. The van der Waals surface area contributed by atoms with E-state index < -0.39 is 5.60 Å². The van der Waals surface area contributed by atoms with E-state index >= 15 is 0 Å². The van der Waals surface area contributed by atoms with Crippen LogP contribution in [0, 0.1) is 5.92 Å². The summed E-state index contributed by atoms with van der Waals surface area (Å²) in [6.07, 6.45) is 8.28. The van der Waals surface area contributed by atoms with Crippen LogP contribution in [0.4, 0.5) is 0 Å². The first-order chi connectivity index (χ1) is 8.98. The molecular formula is C16H32N2O. The zero-order valence-corrected chi connectivity index (χ0v) is 13.0. The molecule has 2 aliphatic rings. The van der Waals surface area contributed by atoms with Gasteiger partial charge in [0.05, 0.1) is 5.60 Å². The highest BCUT2D eigenvalue weighted by Gasteiger charge is 2.36. The van der Waals surface area contributed by atoms with Crippen LogP contribution < -0.4 is 5.32 Å². The van der Waals surface area contributed by atoms with Crippen molar-refractivity contribution in [3.63, 3.8) is 0 Å². The molecule has 0 spiro atoms. The quantitative estimate of drug-likeness (QED) is 0.803. The van der Waals surface area contributed by atoms with E-state index in [4.69, 9.17) is 0 Å². The van der Waals surface area contributed by atoms with E-state index in [1.54, 1.807) is 0 Å². The highest BCUT2D eigenvalue weighted by molar-refractivity contribution is 4.91. The van der Waals surface area contributed by atoms with Gasteiger partial charge in [-0.05, 0) is 45.1 Å². The highest BCUT2D eigenvalue weighted by atomic mass is 16.3. The van der Waals surface area contributed by atoms with Crippen LogP contribution in [0.25, 0.3) is 0 Å². The lowest BCUT2D eigenvalue weighted by Crippen LogP contribution is -2.55. The molecule has 0 bridgehead atoms. The maximum Gasteiger partial charge on any atom is 0.0869 e. The SMILES string of the molecule is CC(C)NCC(C)(O)CN1CCCC2CCCCC21. The fraction of sp³-hybridized carbons (Fsp3) is 1.00. The first-order valence-electron chi connectivity index (χ1n) is 8.18. The molecule has 1 heterocycles. The predicted octanol–water partition coefficient (Wildman–Crippen LogP) is 2.39. The molecule has 1 saturated carbocycles. The van der Waals surface area contributed by atoms with Crippen molar-refractivity contribution in [2.24, 2.45) is 5.92 Å². The minimum Gasteiger partial charge on any atom is -0.388 e. The summed E-state index contributed by atoms with van der Waals surface area (Å²) in [6.45, 7) is 8.95. The van der Waals surface area contributed by atoms with E-state index in [0.29, 0.717) is 12.6 Å². The van der Waals surface area contributed by atoms with Gasteiger partial charge in [0.25, 0.3) is 0 Å². The average molecular weight is 268 g/mol. The minimum atomic E-state index is -0.608. The lowest BCUT2D eigenvalue weighted by molar-refractivity contribution is -0.0267. The van der Waals surface area contributed by atoms with Crippen LogP contribution in [0.3, 0.4) is 0 Å². The number of likely N-dealkylation sites (tertiary alicyclic amines) is 1. The normalized spacial score (nSPS) is 32.1. The molecule has 2 rings (SSSR count). The van der Waals surface area contributed by atoms with Crippen molar-refractivity contribution < 1.29 is 5.11 Å². The summed E-state index contributed by atoms with van der Waals surface area (Å²) in [6, 6.07) is 1.18. The Labute approximate surface area is 118 Å². The van der Waals surface area contributed by atoms with Gasteiger partial charge in [0.2, 0.25) is 0 Å². The third-order valence-electron chi connectivity index (χ3n) is 4.79. The average Bonchev–Trinajstić information content (AvgIpc) is 2.37. The van der Waals surface area contributed by atoms with Gasteiger partial charge in [-0.25, -0.2) is 0 Å². The van der Waals surface area contributed by atoms with E-state index in [1.165, 1.54) is 45.1 Å². The molecule has 0 amide bonds. The summed E-state index contributed by atoms with van der Waals surface area (Å²) < 4.78 is 0. The zero-order chi connectivity index (χ0) is 13.9. The van der Waals surface area contributed by atoms with Crippen LogP contribution >= 0.6 is 0 Å². The Kier molecular flexibility index (Phi) is 5.27. The van der Waals surface area contributed by atoms with Gasteiger partial charge in [-0.2, -0.15) is 0 Å². The third kappa shape index (κ3) is 4.44. The molecule has 1 saturated heterocycles. The Morgan fingerprint density at radius 1 is 1.21 bits per heavy atom. The van der Waals surface area contributed by atoms with Crippen molar-refractivity contribution in [1.82, 2.24) is 10.2 Å². The number of nitrogens with zero attached hydrogens (tertiary/aromatic N) is 1. The molecule has 112 valence electrons. The smallest absolute Gasteiger partial charge is 0.0869 e. The van der Waals surface area contributed by atoms with Gasteiger partial charge >= 0.3 is 0 Å². The van der Waals surface area contributed by atoms with E-state index in [2.05, 4.69) is 24.1 Å². The monoisotopic (exact) mass is 268 g/mol. The van der Waals surface area contributed by atoms with Crippen LogP contribution in [0.5, 0.6) is 0 Å². The molecule has 19 heavy (non-hydrogen) atoms. The fourth-order valence-corrected chi connectivity index (χ4v) is 3.84. The number of rotatable bonds is 5. The minimum absolute atomic E-state index is 0.440. The van der Waals surface area contributed by atoms with Crippen LogP contribution in [0.15, 0.2) is 0 Å². The van der Waals surface area contributed by atoms with E-state index in [9.17, 15) is 5.11 Å². The van der Waals surface area contributed by atoms with Crippen molar-refractivity contribution >= 4 is 0 Å². The number of aliphatic hydroxyl groups is 1. The largest absolute Gasteiger partial charge is 0.388 e. The maximum absolute atomic E-state index is 10.6. The molecule has 3 unspecified atom stereocenters. The molecule has 3 atom stereocenters. The van der Waals surface area contributed by atoms with Gasteiger partial charge < -0.3 is 10.4 Å². The number of hydrogen-bond acceptors (Lipinski definition) is 3.